The predicted octanol–water partition coefficient (Wildman–Crippen LogP) is -3.58. The number of ketones is 6. The van der Waals surface area contributed by atoms with E-state index in [0.29, 0.717) is 0 Å². The Kier molecular flexibility index (Phi) is 4.91. The van der Waals surface area contributed by atoms with Crippen molar-refractivity contribution in [3.05, 3.63) is 0 Å². The highest BCUT2D eigenvalue weighted by Gasteiger charge is 2.75. The van der Waals surface area contributed by atoms with Gasteiger partial charge in [-0.2, -0.15) is 0 Å². The highest BCUT2D eigenvalue weighted by molar-refractivity contribution is 6.45. The summed E-state index contributed by atoms with van der Waals surface area (Å²) in [5.41, 5.74) is -13.7. The van der Waals surface area contributed by atoms with Crippen molar-refractivity contribution in [1.29, 1.82) is 0 Å². The van der Waals surface area contributed by atoms with Gasteiger partial charge in [0.2, 0.25) is 17.0 Å². The van der Waals surface area contributed by atoms with Gasteiger partial charge >= 0.3 is 0 Å². The summed E-state index contributed by atoms with van der Waals surface area (Å²) in [6, 6.07) is 0. The number of hydrogen-bond donors (Lipinski definition) is 5. The minimum atomic E-state index is -4.68. The number of carbonyl (C=O) groups is 6. The van der Waals surface area contributed by atoms with Crippen molar-refractivity contribution < 1.29 is 61.2 Å². The Morgan fingerprint density at radius 2 is 1.30 bits per heavy atom. The largest absolute Gasteiger partial charge is 0.386 e. The van der Waals surface area contributed by atoms with E-state index in [0.717, 1.165) is 0 Å². The van der Waals surface area contributed by atoms with Crippen molar-refractivity contribution in [2.24, 2.45) is 0 Å². The van der Waals surface area contributed by atoms with Crippen molar-refractivity contribution >= 4 is 34.7 Å². The lowest BCUT2D eigenvalue weighted by Gasteiger charge is -2.49. The maximum Gasteiger partial charge on any atom is 0.240 e. The van der Waals surface area contributed by atoms with Gasteiger partial charge in [-0.05, 0) is 27.6 Å². The first-order valence-corrected chi connectivity index (χ1v) is 6.84. The van der Waals surface area contributed by atoms with E-state index in [2.05, 4.69) is 0 Å². The standard InChI is InChI=1S/C16H22O11/c1-6(17)11(22)13(24)15(26,9(4)20)16(27,10(5)21)14(25,8(3)19)12(23)7(2)18/h11,13,22,24-27H,1-5H3/t11?,13-,14-,15-,16-/m1/s1/i1D,2D,3D,4D,5D. The van der Waals surface area contributed by atoms with E-state index in [9.17, 15) is 54.3 Å². The molecular formula is C16H22O11. The molecule has 5 N–H and O–H groups in total. The Bertz CT molecular complexity index is 805. The molecule has 0 rings (SSSR count). The van der Waals surface area contributed by atoms with Gasteiger partial charge in [0.25, 0.3) is 0 Å². The van der Waals surface area contributed by atoms with Gasteiger partial charge in [0, 0.05) is 13.8 Å². The van der Waals surface area contributed by atoms with Crippen LogP contribution in [0.1, 0.15) is 41.4 Å². The number of Topliss-reactive ketones (excluding diaryl/α,β-unsaturated/α-hetero) is 6. The third kappa shape index (κ3) is 3.39. The average molecular weight is 395 g/mol. The molecule has 0 aliphatic heterocycles. The van der Waals surface area contributed by atoms with Crippen LogP contribution in [0.2, 0.25) is 0 Å². The van der Waals surface area contributed by atoms with Gasteiger partial charge in [0.05, 0.1) is 0 Å². The number of aliphatic hydroxyl groups excluding tert-OH is 2. The predicted molar refractivity (Wildman–Crippen MR) is 85.3 cm³/mol. The van der Waals surface area contributed by atoms with Gasteiger partial charge in [-0.1, -0.05) is 0 Å². The minimum Gasteiger partial charge on any atom is -0.386 e. The molecule has 0 aliphatic carbocycles. The summed E-state index contributed by atoms with van der Waals surface area (Å²) in [5.74, 6) is -12.7. The summed E-state index contributed by atoms with van der Waals surface area (Å²) >= 11 is 0. The third-order valence-electron chi connectivity index (χ3n) is 3.95. The van der Waals surface area contributed by atoms with Gasteiger partial charge in [-0.15, -0.1) is 0 Å². The van der Waals surface area contributed by atoms with Gasteiger partial charge in [-0.25, -0.2) is 0 Å². The Hall–Kier alpha value is -2.18. The van der Waals surface area contributed by atoms with Crippen molar-refractivity contribution in [3.8, 4) is 0 Å². The summed E-state index contributed by atoms with van der Waals surface area (Å²) in [5, 5.41) is 53.0. The average Bonchev–Trinajstić information content (AvgIpc) is 2.82. The van der Waals surface area contributed by atoms with Crippen LogP contribution in [-0.4, -0.2) is 89.2 Å². The molecule has 0 aromatic carbocycles. The zero-order valence-electron chi connectivity index (χ0n) is 18.9. The van der Waals surface area contributed by atoms with Crippen LogP contribution in [-0.2, 0) is 28.8 Å². The maximum absolute atomic E-state index is 12.5. The van der Waals surface area contributed by atoms with E-state index in [1.54, 1.807) is 0 Å². The van der Waals surface area contributed by atoms with E-state index >= 15 is 0 Å². The molecule has 1 unspecified atom stereocenters. The van der Waals surface area contributed by atoms with Gasteiger partial charge in [0.1, 0.15) is 12.2 Å². The molecule has 0 aromatic rings. The van der Waals surface area contributed by atoms with E-state index in [4.69, 9.17) is 6.85 Å². The quantitative estimate of drug-likeness (QED) is 0.181. The molecule has 0 fully saturated rings. The van der Waals surface area contributed by atoms with Crippen LogP contribution < -0.4 is 0 Å². The van der Waals surface area contributed by atoms with Gasteiger partial charge < -0.3 is 25.5 Å². The molecule has 152 valence electrons. The zero-order chi connectivity index (χ0) is 25.7. The van der Waals surface area contributed by atoms with Gasteiger partial charge in [-0.3, -0.25) is 28.8 Å². The SMILES string of the molecule is [2H]CC(=O)C(=O)[C@](O)(C(=O)C[2H])[C@](O)(C(=O)C[2H])[C@@](O)(C(=O)C[2H])[C@H](O)C(O)C(=O)C[2H]. The van der Waals surface area contributed by atoms with Crippen LogP contribution in [0.25, 0.3) is 0 Å². The maximum atomic E-state index is 12.5. The van der Waals surface area contributed by atoms with Crippen LogP contribution in [0.4, 0.5) is 0 Å². The van der Waals surface area contributed by atoms with E-state index < -0.39 is 98.2 Å². The Morgan fingerprint density at radius 1 is 0.778 bits per heavy atom. The first kappa shape index (κ1) is 17.0. The monoisotopic (exact) mass is 395 g/mol. The normalized spacial score (nSPS) is 22.6. The molecule has 0 spiro atoms. The summed E-state index contributed by atoms with van der Waals surface area (Å²) in [7, 11) is 0. The third-order valence-corrected chi connectivity index (χ3v) is 3.95. The molecule has 0 saturated carbocycles. The number of rotatable bonds is 10. The van der Waals surface area contributed by atoms with E-state index in [-0.39, 0.29) is 0 Å². The van der Waals surface area contributed by atoms with Crippen molar-refractivity contribution in [2.45, 2.75) is 63.5 Å². The molecule has 0 bridgehead atoms. The molecule has 0 heterocycles. The lowest BCUT2D eigenvalue weighted by atomic mass is 9.60. The molecule has 11 heteroatoms. The Balaban J connectivity index is 7.64. The highest BCUT2D eigenvalue weighted by Crippen LogP contribution is 2.40. The molecule has 11 nitrogen and oxygen atoms in total. The number of aliphatic hydroxyl groups is 5. The number of carbonyl (C=O) groups excluding carboxylic acids is 6. The van der Waals surface area contributed by atoms with E-state index in [1.807, 2.05) is 0 Å². The molecule has 0 aromatic heterocycles. The second kappa shape index (κ2) is 7.82. The molecule has 27 heavy (non-hydrogen) atoms. The fourth-order valence-electron chi connectivity index (χ4n) is 2.37. The van der Waals surface area contributed by atoms with Crippen molar-refractivity contribution in [1.82, 2.24) is 0 Å². The zero-order valence-corrected chi connectivity index (χ0v) is 13.9. The lowest BCUT2D eigenvalue weighted by molar-refractivity contribution is -0.250. The molecule has 5 atom stereocenters. The van der Waals surface area contributed by atoms with E-state index in [1.165, 1.54) is 0 Å². The summed E-state index contributed by atoms with van der Waals surface area (Å²) in [4.78, 5) is 73.2. The Labute approximate surface area is 160 Å². The van der Waals surface area contributed by atoms with Crippen molar-refractivity contribution in [3.63, 3.8) is 0 Å². The lowest BCUT2D eigenvalue weighted by Crippen LogP contribution is -2.82. The fourth-order valence-corrected chi connectivity index (χ4v) is 2.37. The summed E-state index contributed by atoms with van der Waals surface area (Å²) < 4.78 is 35.2. The summed E-state index contributed by atoms with van der Waals surface area (Å²) in [6.45, 7) is -7.88. The molecule has 0 aliphatic rings. The molecule has 0 amide bonds. The molecule has 0 saturated heterocycles. The number of hydrogen-bond acceptors (Lipinski definition) is 11. The van der Waals surface area contributed by atoms with Gasteiger partial charge in [0.15, 0.2) is 34.5 Å². The van der Waals surface area contributed by atoms with Crippen LogP contribution in [0, 0.1) is 0 Å². The Morgan fingerprint density at radius 3 is 1.70 bits per heavy atom. The van der Waals surface area contributed by atoms with Crippen molar-refractivity contribution in [2.75, 3.05) is 0 Å². The first-order chi connectivity index (χ1) is 14.6. The highest BCUT2D eigenvalue weighted by atomic mass is 16.4. The molecular weight excluding hydrogens is 368 g/mol. The smallest absolute Gasteiger partial charge is 0.240 e. The molecule has 0 radical (unpaired) electrons. The minimum absolute atomic E-state index is 1.29. The van der Waals surface area contributed by atoms with Crippen LogP contribution in [0.3, 0.4) is 0 Å². The topological polar surface area (TPSA) is 204 Å². The van der Waals surface area contributed by atoms with Crippen LogP contribution in [0.15, 0.2) is 0 Å². The summed E-state index contributed by atoms with van der Waals surface area (Å²) in [6.07, 6.45) is -6.34. The first-order valence-electron chi connectivity index (χ1n) is 10.4. The second-order valence-corrected chi connectivity index (χ2v) is 5.57. The fraction of sp³-hybridized carbons (Fsp3) is 0.625. The van der Waals surface area contributed by atoms with Crippen LogP contribution >= 0.6 is 0 Å². The second-order valence-electron chi connectivity index (χ2n) is 5.57. The van der Waals surface area contributed by atoms with Crippen LogP contribution in [0.5, 0.6) is 0 Å².